The second-order valence-electron chi connectivity index (χ2n) is 9.04. The quantitative estimate of drug-likeness (QED) is 0.288. The lowest BCUT2D eigenvalue weighted by Gasteiger charge is -2.29. The van der Waals surface area contributed by atoms with Gasteiger partial charge in [-0.1, -0.05) is 35.7 Å². The van der Waals surface area contributed by atoms with E-state index in [9.17, 15) is 4.79 Å². The molecule has 2 aliphatic rings. The first-order valence-electron chi connectivity index (χ1n) is 12.4. The zero-order chi connectivity index (χ0) is 26.1. The number of nitrogens with one attached hydrogen (secondary N) is 2. The molecule has 6 rings (SSSR count). The SMILES string of the molecule is COc1ccnc(C(C)Nc2ccc3c(c2)Sc2cccc(-c4cc(N5CCOCC5)cc(=O)[nH]4)c2S3)n1. The highest BCUT2D eigenvalue weighted by Gasteiger charge is 2.22. The molecule has 0 aliphatic carbocycles. The van der Waals surface area contributed by atoms with Gasteiger partial charge in [0.2, 0.25) is 11.4 Å². The van der Waals surface area contributed by atoms with Crippen LogP contribution in [0.15, 0.2) is 85.2 Å². The highest BCUT2D eigenvalue weighted by Crippen LogP contribution is 2.52. The predicted octanol–water partition coefficient (Wildman–Crippen LogP) is 5.47. The molecule has 0 saturated carbocycles. The van der Waals surface area contributed by atoms with Crippen LogP contribution in [0.25, 0.3) is 11.3 Å². The summed E-state index contributed by atoms with van der Waals surface area (Å²) in [5, 5.41) is 3.51. The number of pyridine rings is 1. The van der Waals surface area contributed by atoms with Crippen LogP contribution in [0.4, 0.5) is 11.4 Å². The number of aromatic nitrogens is 3. The lowest BCUT2D eigenvalue weighted by molar-refractivity contribution is 0.122. The maximum atomic E-state index is 12.6. The standard InChI is InChI=1S/C28H27N5O3S2/c1-17(28-29-9-8-26(32-28)35-2)30-18-6-7-22-24(14-18)37-23-5-3-4-20(27(23)38-22)21-15-19(16-25(34)31-21)33-10-12-36-13-11-33/h3-9,14-17,30H,10-13H2,1-2H3,(H,31,34). The Morgan fingerprint density at radius 2 is 1.92 bits per heavy atom. The Hall–Kier alpha value is -3.47. The Bertz CT molecular complexity index is 1540. The van der Waals surface area contributed by atoms with Crippen molar-refractivity contribution in [2.24, 2.45) is 0 Å². The van der Waals surface area contributed by atoms with Crippen molar-refractivity contribution >= 4 is 34.9 Å². The molecular weight excluding hydrogens is 518 g/mol. The number of rotatable bonds is 6. The number of ether oxygens (including phenoxy) is 2. The number of H-pyrrole nitrogens is 1. The third-order valence-corrected chi connectivity index (χ3v) is 9.07. The molecule has 2 aromatic heterocycles. The van der Waals surface area contributed by atoms with Crippen LogP contribution in [0.2, 0.25) is 0 Å². The fourth-order valence-electron chi connectivity index (χ4n) is 4.58. The summed E-state index contributed by atoms with van der Waals surface area (Å²) in [6.45, 7) is 4.95. The zero-order valence-electron chi connectivity index (χ0n) is 21.1. The number of nitrogens with zero attached hydrogens (tertiary/aromatic N) is 3. The number of methoxy groups -OCH3 is 1. The fourth-order valence-corrected chi connectivity index (χ4v) is 6.99. The van der Waals surface area contributed by atoms with E-state index in [-0.39, 0.29) is 11.6 Å². The summed E-state index contributed by atoms with van der Waals surface area (Å²) in [5.74, 6) is 1.22. The molecule has 2 N–H and O–H groups in total. The molecule has 2 aliphatic heterocycles. The molecule has 0 spiro atoms. The van der Waals surface area contributed by atoms with E-state index in [2.05, 4.69) is 67.6 Å². The summed E-state index contributed by atoms with van der Waals surface area (Å²) in [6.07, 6.45) is 1.71. The molecule has 194 valence electrons. The van der Waals surface area contributed by atoms with E-state index >= 15 is 0 Å². The van der Waals surface area contributed by atoms with Crippen LogP contribution in [0, 0.1) is 0 Å². The van der Waals surface area contributed by atoms with Gasteiger partial charge in [-0.3, -0.25) is 4.79 Å². The normalized spacial score (nSPS) is 15.4. The average Bonchev–Trinajstić information content (AvgIpc) is 2.96. The van der Waals surface area contributed by atoms with E-state index in [0.29, 0.717) is 24.9 Å². The van der Waals surface area contributed by atoms with Gasteiger partial charge in [-0.25, -0.2) is 4.98 Å². The van der Waals surface area contributed by atoms with Gasteiger partial charge in [0.25, 0.3) is 0 Å². The molecule has 0 amide bonds. The molecule has 1 atom stereocenters. The van der Waals surface area contributed by atoms with E-state index in [4.69, 9.17) is 9.47 Å². The number of aromatic amines is 1. The molecule has 10 heteroatoms. The van der Waals surface area contributed by atoms with Crippen LogP contribution in [0.1, 0.15) is 18.8 Å². The molecule has 0 radical (unpaired) electrons. The Labute approximate surface area is 229 Å². The minimum absolute atomic E-state index is 0.0844. The molecule has 1 saturated heterocycles. The van der Waals surface area contributed by atoms with Crippen molar-refractivity contribution in [2.45, 2.75) is 32.5 Å². The van der Waals surface area contributed by atoms with E-state index < -0.39 is 0 Å². The fraction of sp³-hybridized carbons (Fsp3) is 0.250. The summed E-state index contributed by atoms with van der Waals surface area (Å²) >= 11 is 3.47. The van der Waals surface area contributed by atoms with E-state index in [0.717, 1.165) is 40.6 Å². The molecule has 2 aromatic carbocycles. The van der Waals surface area contributed by atoms with Crippen molar-refractivity contribution < 1.29 is 9.47 Å². The maximum absolute atomic E-state index is 12.6. The summed E-state index contributed by atoms with van der Waals surface area (Å²) in [6, 6.07) is 18.1. The number of morpholine rings is 1. The Morgan fingerprint density at radius 3 is 2.76 bits per heavy atom. The smallest absolute Gasteiger partial charge is 0.250 e. The Kier molecular flexibility index (Phi) is 7.01. The highest BCUT2D eigenvalue weighted by atomic mass is 32.2. The van der Waals surface area contributed by atoms with Crippen LogP contribution in [-0.4, -0.2) is 48.4 Å². The topological polar surface area (TPSA) is 92.4 Å². The van der Waals surface area contributed by atoms with Crippen LogP contribution in [0.3, 0.4) is 0 Å². The largest absolute Gasteiger partial charge is 0.481 e. The van der Waals surface area contributed by atoms with Gasteiger partial charge >= 0.3 is 0 Å². The predicted molar refractivity (Wildman–Crippen MR) is 151 cm³/mol. The van der Waals surface area contributed by atoms with Crippen molar-refractivity contribution in [2.75, 3.05) is 43.6 Å². The molecular formula is C28H27N5O3S2. The first kappa shape index (κ1) is 24.8. The first-order chi connectivity index (χ1) is 18.6. The molecule has 1 fully saturated rings. The van der Waals surface area contributed by atoms with Gasteiger partial charge in [0.1, 0.15) is 0 Å². The van der Waals surface area contributed by atoms with Gasteiger partial charge in [0.15, 0.2) is 5.82 Å². The third-order valence-electron chi connectivity index (χ3n) is 6.48. The Morgan fingerprint density at radius 1 is 1.05 bits per heavy atom. The van der Waals surface area contributed by atoms with Crippen molar-refractivity contribution in [3.63, 3.8) is 0 Å². The number of hydrogen-bond acceptors (Lipinski definition) is 9. The second kappa shape index (κ2) is 10.7. The number of anilines is 2. The van der Waals surface area contributed by atoms with Gasteiger partial charge in [-0.15, -0.1) is 0 Å². The molecule has 8 nitrogen and oxygen atoms in total. The van der Waals surface area contributed by atoms with Crippen LogP contribution in [-0.2, 0) is 4.74 Å². The average molecular weight is 546 g/mol. The maximum Gasteiger partial charge on any atom is 0.250 e. The number of hydrogen-bond donors (Lipinski definition) is 2. The zero-order valence-corrected chi connectivity index (χ0v) is 22.7. The molecule has 4 aromatic rings. The minimum Gasteiger partial charge on any atom is -0.481 e. The van der Waals surface area contributed by atoms with Crippen molar-refractivity contribution in [3.8, 4) is 17.1 Å². The van der Waals surface area contributed by atoms with E-state index in [1.807, 2.05) is 6.92 Å². The monoisotopic (exact) mass is 545 g/mol. The summed E-state index contributed by atoms with van der Waals surface area (Å²) in [5.41, 5.74) is 3.70. The van der Waals surface area contributed by atoms with Crippen molar-refractivity contribution in [1.82, 2.24) is 15.0 Å². The van der Waals surface area contributed by atoms with Crippen LogP contribution in [0.5, 0.6) is 5.88 Å². The molecule has 38 heavy (non-hydrogen) atoms. The Balaban J connectivity index is 1.26. The van der Waals surface area contributed by atoms with Crippen LogP contribution < -0.4 is 20.5 Å². The second-order valence-corrected chi connectivity index (χ2v) is 11.2. The summed E-state index contributed by atoms with van der Waals surface area (Å²) < 4.78 is 10.7. The van der Waals surface area contributed by atoms with Crippen LogP contribution >= 0.6 is 23.5 Å². The molecule has 1 unspecified atom stereocenters. The van der Waals surface area contributed by atoms with E-state index in [1.165, 1.54) is 14.7 Å². The third kappa shape index (κ3) is 5.11. The minimum atomic E-state index is -0.0969. The first-order valence-corrected chi connectivity index (χ1v) is 14.0. The summed E-state index contributed by atoms with van der Waals surface area (Å²) in [7, 11) is 1.60. The molecule has 4 heterocycles. The number of fused-ring (bicyclic) bond motifs is 2. The van der Waals surface area contributed by atoms with Gasteiger partial charge < -0.3 is 24.7 Å². The lowest BCUT2D eigenvalue weighted by Crippen LogP contribution is -2.36. The van der Waals surface area contributed by atoms with Crippen molar-refractivity contribution in [3.05, 3.63) is 77.0 Å². The lowest BCUT2D eigenvalue weighted by atomic mass is 10.1. The van der Waals surface area contributed by atoms with Crippen molar-refractivity contribution in [1.29, 1.82) is 0 Å². The van der Waals surface area contributed by atoms with E-state index in [1.54, 1.807) is 49.0 Å². The highest BCUT2D eigenvalue weighted by molar-refractivity contribution is 8.05. The van der Waals surface area contributed by atoms with Gasteiger partial charge in [-0.05, 0) is 37.3 Å². The van der Waals surface area contributed by atoms with Gasteiger partial charge in [-0.2, -0.15) is 4.98 Å². The van der Waals surface area contributed by atoms with Gasteiger partial charge in [0, 0.05) is 67.9 Å². The number of benzene rings is 2. The summed E-state index contributed by atoms with van der Waals surface area (Å²) in [4.78, 5) is 31.4. The van der Waals surface area contributed by atoms with Gasteiger partial charge in [0.05, 0.1) is 32.1 Å². The molecule has 0 bridgehead atoms.